The van der Waals surface area contributed by atoms with Crippen LogP contribution in [0.25, 0.3) is 0 Å². The molecule has 14 nitrogen and oxygen atoms in total. The molecular formula is C23H35N9O5. The zero-order valence-corrected chi connectivity index (χ0v) is 20.4. The van der Waals surface area contributed by atoms with Crippen LogP contribution in [-0.2, 0) is 25.6 Å². The quantitative estimate of drug-likeness (QED) is 0.0356. The minimum Gasteiger partial charge on any atom is -0.394 e. The normalized spacial score (nSPS) is 12.8. The molecule has 0 fully saturated rings. The number of nitrogens with two attached hydrogens (primary N) is 4. The van der Waals surface area contributed by atoms with Gasteiger partial charge in [-0.25, -0.2) is 0 Å². The van der Waals surface area contributed by atoms with Crippen molar-refractivity contribution in [3.63, 3.8) is 0 Å². The molecule has 0 bridgehead atoms. The molecule has 0 aliphatic carbocycles. The first-order valence-corrected chi connectivity index (χ1v) is 11.4. The summed E-state index contributed by atoms with van der Waals surface area (Å²) in [7, 11) is 0. The molecule has 0 aliphatic rings. The Morgan fingerprint density at radius 3 is 2.14 bits per heavy atom. The van der Waals surface area contributed by atoms with Crippen molar-refractivity contribution in [3.05, 3.63) is 48.0 Å². The van der Waals surface area contributed by atoms with Gasteiger partial charge in [0.1, 0.15) is 23.8 Å². The first-order chi connectivity index (χ1) is 17.5. The fraction of sp³-hybridized carbons (Fsp3) is 0.391. The summed E-state index contributed by atoms with van der Waals surface area (Å²) < 4.78 is 0. The van der Waals surface area contributed by atoms with Crippen molar-refractivity contribution < 1.29 is 24.3 Å². The van der Waals surface area contributed by atoms with Gasteiger partial charge in [0.25, 0.3) is 0 Å². The molecule has 13 N–H and O–H groups in total. The summed E-state index contributed by atoms with van der Waals surface area (Å²) in [6.45, 7) is 3.03. The summed E-state index contributed by atoms with van der Waals surface area (Å²) in [6.07, 6.45) is 1.85. The molecule has 4 amide bonds. The summed E-state index contributed by atoms with van der Waals surface area (Å²) >= 11 is 0. The Labute approximate surface area is 214 Å². The van der Waals surface area contributed by atoms with Crippen LogP contribution in [0, 0.1) is 11.3 Å². The highest BCUT2D eigenvalue weighted by molar-refractivity contribution is 6.02. The summed E-state index contributed by atoms with van der Waals surface area (Å²) in [5.41, 5.74) is 22.4. The van der Waals surface area contributed by atoms with Gasteiger partial charge < -0.3 is 44.0 Å². The van der Waals surface area contributed by atoms with Gasteiger partial charge in [0.2, 0.25) is 23.6 Å². The SMILES string of the molecule is C=CCNC(=O)C(Cc1ccc(C(=N)N)cc1)C(=O)N[C@@H](CO)C(=O)N[C@@H](CCCN=C(N)N)C(N)=O. The third kappa shape index (κ3) is 10.8. The standard InChI is InChI=1S/C23H35N9O5/c1-2-9-29-20(35)15(11-13-5-7-14(8-6-13)18(24)25)21(36)32-17(12-33)22(37)31-16(19(26)34)4-3-10-30-23(27)28/h2,5-8,15-17,33H,1,3-4,9-12H2,(H3,24,25)(H2,26,34)(H,29,35)(H,31,37)(H,32,36)(H4,27,28,30)/t15?,16-,17-/m0/s1. The van der Waals surface area contributed by atoms with E-state index in [4.69, 9.17) is 28.3 Å². The minimum atomic E-state index is -1.46. The summed E-state index contributed by atoms with van der Waals surface area (Å²) in [6, 6.07) is 3.84. The number of nitrogens with one attached hydrogen (secondary N) is 4. The van der Waals surface area contributed by atoms with Crippen molar-refractivity contribution in [2.24, 2.45) is 33.8 Å². The third-order valence-corrected chi connectivity index (χ3v) is 5.18. The second-order valence-corrected chi connectivity index (χ2v) is 8.06. The molecular weight excluding hydrogens is 482 g/mol. The van der Waals surface area contributed by atoms with E-state index in [1.165, 1.54) is 6.08 Å². The predicted octanol–water partition coefficient (Wildman–Crippen LogP) is -3.07. The summed E-state index contributed by atoms with van der Waals surface area (Å²) in [4.78, 5) is 53.9. The molecule has 1 aromatic carbocycles. The van der Waals surface area contributed by atoms with E-state index in [1.54, 1.807) is 24.3 Å². The molecule has 1 rings (SSSR count). The van der Waals surface area contributed by atoms with Crippen LogP contribution in [0.3, 0.4) is 0 Å². The first-order valence-electron chi connectivity index (χ1n) is 11.4. The number of amidine groups is 1. The van der Waals surface area contributed by atoms with Crippen molar-refractivity contribution in [2.45, 2.75) is 31.3 Å². The molecule has 0 aromatic heterocycles. The van der Waals surface area contributed by atoms with E-state index >= 15 is 0 Å². The number of rotatable bonds is 16. The Balaban J connectivity index is 2.96. The smallest absolute Gasteiger partial charge is 0.245 e. The first kappa shape index (κ1) is 30.6. The van der Waals surface area contributed by atoms with Gasteiger partial charge in [-0.3, -0.25) is 29.6 Å². The summed E-state index contributed by atoms with van der Waals surface area (Å²) in [5, 5.41) is 24.5. The maximum absolute atomic E-state index is 13.0. The maximum Gasteiger partial charge on any atom is 0.245 e. The number of aliphatic hydroxyl groups is 1. The van der Waals surface area contributed by atoms with Crippen LogP contribution >= 0.6 is 0 Å². The fourth-order valence-corrected chi connectivity index (χ4v) is 3.18. The second kappa shape index (κ2) is 15.5. The van der Waals surface area contributed by atoms with Crippen molar-refractivity contribution in [1.82, 2.24) is 16.0 Å². The Bertz CT molecular complexity index is 1010. The van der Waals surface area contributed by atoms with Crippen LogP contribution in [0.4, 0.5) is 0 Å². The van der Waals surface area contributed by atoms with Gasteiger partial charge in [-0.15, -0.1) is 6.58 Å². The number of carbonyl (C=O) groups excluding carboxylic acids is 4. The lowest BCUT2D eigenvalue weighted by atomic mass is 9.96. The van der Waals surface area contributed by atoms with Crippen molar-refractivity contribution >= 4 is 35.4 Å². The molecule has 0 heterocycles. The molecule has 0 radical (unpaired) electrons. The molecule has 1 aromatic rings. The van der Waals surface area contributed by atoms with Gasteiger partial charge in [-0.1, -0.05) is 30.3 Å². The molecule has 0 saturated carbocycles. The average Bonchev–Trinajstić information content (AvgIpc) is 2.85. The molecule has 3 atom stereocenters. The highest BCUT2D eigenvalue weighted by Gasteiger charge is 2.31. The van der Waals surface area contributed by atoms with E-state index in [1.807, 2.05) is 0 Å². The lowest BCUT2D eigenvalue weighted by Crippen LogP contribution is -2.56. The molecule has 0 spiro atoms. The van der Waals surface area contributed by atoms with Gasteiger partial charge in [-0.2, -0.15) is 0 Å². The predicted molar refractivity (Wildman–Crippen MR) is 138 cm³/mol. The second-order valence-electron chi connectivity index (χ2n) is 8.06. The van der Waals surface area contributed by atoms with E-state index in [-0.39, 0.29) is 37.7 Å². The Kier molecular flexibility index (Phi) is 12.8. The number of primary amides is 1. The van der Waals surface area contributed by atoms with Gasteiger partial charge in [-0.05, 0) is 24.8 Å². The van der Waals surface area contributed by atoms with Crippen LogP contribution in [0.5, 0.6) is 0 Å². The third-order valence-electron chi connectivity index (χ3n) is 5.18. The molecule has 1 unspecified atom stereocenters. The van der Waals surface area contributed by atoms with E-state index < -0.39 is 48.2 Å². The van der Waals surface area contributed by atoms with Crippen molar-refractivity contribution in [2.75, 3.05) is 19.7 Å². The zero-order chi connectivity index (χ0) is 28.0. The fourth-order valence-electron chi connectivity index (χ4n) is 3.18. The number of hydrogen-bond donors (Lipinski definition) is 9. The van der Waals surface area contributed by atoms with Gasteiger partial charge in [0, 0.05) is 18.7 Å². The van der Waals surface area contributed by atoms with Gasteiger partial charge in [0.15, 0.2) is 5.96 Å². The molecule has 0 aliphatic heterocycles. The highest BCUT2D eigenvalue weighted by Crippen LogP contribution is 2.12. The number of nitrogen functional groups attached to an aromatic ring is 1. The van der Waals surface area contributed by atoms with E-state index in [0.717, 1.165) is 0 Å². The number of carbonyl (C=O) groups is 4. The van der Waals surface area contributed by atoms with Crippen molar-refractivity contribution in [1.29, 1.82) is 5.41 Å². The number of amides is 4. The van der Waals surface area contributed by atoms with Crippen LogP contribution in [0.2, 0.25) is 0 Å². The van der Waals surface area contributed by atoms with E-state index in [0.29, 0.717) is 17.5 Å². The highest BCUT2D eigenvalue weighted by atomic mass is 16.3. The van der Waals surface area contributed by atoms with Crippen LogP contribution in [0.1, 0.15) is 24.0 Å². The van der Waals surface area contributed by atoms with Gasteiger partial charge in [0.05, 0.1) is 6.61 Å². The molecule has 37 heavy (non-hydrogen) atoms. The number of hydrogen-bond acceptors (Lipinski definition) is 7. The Hall–Kier alpha value is -4.46. The zero-order valence-electron chi connectivity index (χ0n) is 20.4. The topological polar surface area (TPSA) is 265 Å². The largest absolute Gasteiger partial charge is 0.394 e. The Morgan fingerprint density at radius 1 is 1.00 bits per heavy atom. The van der Waals surface area contributed by atoms with Crippen LogP contribution in [0.15, 0.2) is 41.9 Å². The van der Waals surface area contributed by atoms with Crippen LogP contribution in [-0.4, -0.2) is 72.3 Å². The number of aliphatic hydroxyl groups excluding tert-OH is 1. The van der Waals surface area contributed by atoms with E-state index in [9.17, 15) is 24.3 Å². The lowest BCUT2D eigenvalue weighted by Gasteiger charge is -2.23. The van der Waals surface area contributed by atoms with E-state index in [2.05, 4.69) is 27.5 Å². The molecule has 14 heteroatoms. The lowest BCUT2D eigenvalue weighted by molar-refractivity contribution is -0.138. The van der Waals surface area contributed by atoms with Crippen LogP contribution < -0.4 is 38.9 Å². The number of aliphatic imine (C=N–C) groups is 1. The Morgan fingerprint density at radius 2 is 1.62 bits per heavy atom. The average molecular weight is 518 g/mol. The molecule has 202 valence electrons. The number of benzene rings is 1. The van der Waals surface area contributed by atoms with Gasteiger partial charge >= 0.3 is 0 Å². The molecule has 0 saturated heterocycles. The minimum absolute atomic E-state index is 0.0402. The van der Waals surface area contributed by atoms with Crippen molar-refractivity contribution in [3.8, 4) is 0 Å². The number of nitrogens with zero attached hydrogens (tertiary/aromatic N) is 1. The maximum atomic E-state index is 13.0. The number of guanidine groups is 1. The summed E-state index contributed by atoms with van der Waals surface area (Å²) in [5.74, 6) is -4.66. The monoisotopic (exact) mass is 517 g/mol.